The molecule has 0 bridgehead atoms. The Morgan fingerprint density at radius 3 is 2.57 bits per heavy atom. The third-order valence-electron chi connectivity index (χ3n) is 5.10. The van der Waals surface area contributed by atoms with Gasteiger partial charge >= 0.3 is 6.09 Å². The second-order valence-electron chi connectivity index (χ2n) is 7.08. The summed E-state index contributed by atoms with van der Waals surface area (Å²) in [5.74, 6) is 1.27. The molecule has 0 aliphatic carbocycles. The molecule has 1 aliphatic rings. The van der Waals surface area contributed by atoms with Crippen LogP contribution < -0.4 is 5.32 Å². The molecular formula is C22H18N6O2. The summed E-state index contributed by atoms with van der Waals surface area (Å²) in [6.07, 6.45) is 4.44. The lowest BCUT2D eigenvalue weighted by molar-refractivity contribution is 0.145. The average molecular weight is 398 g/mol. The number of anilines is 2. The zero-order chi connectivity index (χ0) is 20.5. The van der Waals surface area contributed by atoms with Gasteiger partial charge in [0.15, 0.2) is 5.82 Å². The number of benzene rings is 2. The van der Waals surface area contributed by atoms with Gasteiger partial charge in [-0.05, 0) is 41.0 Å². The summed E-state index contributed by atoms with van der Waals surface area (Å²) in [5.41, 5.74) is 5.90. The maximum absolute atomic E-state index is 11.2. The molecule has 3 N–H and O–H groups in total. The van der Waals surface area contributed by atoms with Crippen molar-refractivity contribution in [3.05, 3.63) is 78.2 Å². The van der Waals surface area contributed by atoms with Gasteiger partial charge in [-0.1, -0.05) is 24.3 Å². The minimum atomic E-state index is -0.908. The SMILES string of the molecule is O=C(O)N1Cc2ccc(-c3nccc(Nc4ccc(-c5cn[nH]c5)cc4)n3)cc2C1. The number of H-pyrrole nitrogens is 1. The van der Waals surface area contributed by atoms with Gasteiger partial charge in [0.1, 0.15) is 5.82 Å². The van der Waals surface area contributed by atoms with Crippen LogP contribution >= 0.6 is 0 Å². The maximum atomic E-state index is 11.2. The van der Waals surface area contributed by atoms with E-state index in [1.54, 1.807) is 12.4 Å². The van der Waals surface area contributed by atoms with Crippen molar-refractivity contribution in [3.8, 4) is 22.5 Å². The molecule has 4 aromatic rings. The van der Waals surface area contributed by atoms with Gasteiger partial charge in [-0.25, -0.2) is 14.8 Å². The highest BCUT2D eigenvalue weighted by Gasteiger charge is 2.23. The van der Waals surface area contributed by atoms with Gasteiger partial charge in [0, 0.05) is 42.3 Å². The van der Waals surface area contributed by atoms with Crippen LogP contribution in [0.5, 0.6) is 0 Å². The van der Waals surface area contributed by atoms with E-state index in [9.17, 15) is 9.90 Å². The summed E-state index contributed by atoms with van der Waals surface area (Å²) in [6.45, 7) is 0.807. The van der Waals surface area contributed by atoms with Crippen molar-refractivity contribution in [3.63, 3.8) is 0 Å². The number of aromatic nitrogens is 4. The summed E-state index contributed by atoms with van der Waals surface area (Å²) in [7, 11) is 0. The molecule has 1 amide bonds. The van der Waals surface area contributed by atoms with Gasteiger partial charge in [0.2, 0.25) is 0 Å². The highest BCUT2D eigenvalue weighted by molar-refractivity contribution is 5.69. The standard InChI is InChI=1S/C22H18N6O2/c29-22(30)28-12-16-2-1-15(9-17(16)13-28)21-23-8-7-20(27-21)26-19-5-3-14(4-6-19)18-10-24-25-11-18/h1-11H,12-13H2,(H,24,25)(H,29,30)(H,23,26,27). The number of amides is 1. The summed E-state index contributed by atoms with van der Waals surface area (Å²) in [6, 6.07) is 15.7. The van der Waals surface area contributed by atoms with Gasteiger partial charge in [-0.3, -0.25) is 10.00 Å². The quantitative estimate of drug-likeness (QED) is 0.474. The van der Waals surface area contributed by atoms with E-state index in [2.05, 4.69) is 25.5 Å². The zero-order valence-electron chi connectivity index (χ0n) is 15.9. The van der Waals surface area contributed by atoms with Crippen LogP contribution in [0, 0.1) is 0 Å². The normalized spacial score (nSPS) is 12.6. The Balaban J connectivity index is 1.35. The highest BCUT2D eigenvalue weighted by atomic mass is 16.4. The van der Waals surface area contributed by atoms with Crippen molar-refractivity contribution < 1.29 is 9.90 Å². The minimum Gasteiger partial charge on any atom is -0.465 e. The summed E-state index contributed by atoms with van der Waals surface area (Å²) < 4.78 is 0. The Hall–Kier alpha value is -4.20. The highest BCUT2D eigenvalue weighted by Crippen LogP contribution is 2.28. The lowest BCUT2D eigenvalue weighted by Gasteiger charge is -2.09. The van der Waals surface area contributed by atoms with Gasteiger partial charge in [-0.15, -0.1) is 0 Å². The molecule has 0 fully saturated rings. The number of carboxylic acid groups (broad SMARTS) is 1. The first-order valence-electron chi connectivity index (χ1n) is 9.45. The van der Waals surface area contributed by atoms with Crippen LogP contribution in [-0.2, 0) is 13.1 Å². The Morgan fingerprint density at radius 2 is 1.80 bits per heavy atom. The summed E-state index contributed by atoms with van der Waals surface area (Å²) in [5, 5.41) is 19.3. The van der Waals surface area contributed by atoms with E-state index in [0.29, 0.717) is 24.7 Å². The van der Waals surface area contributed by atoms with Crippen molar-refractivity contribution in [2.75, 3.05) is 5.32 Å². The maximum Gasteiger partial charge on any atom is 0.407 e. The number of aromatic amines is 1. The molecule has 5 rings (SSSR count). The molecule has 0 saturated carbocycles. The average Bonchev–Trinajstić information content (AvgIpc) is 3.44. The number of hydrogen-bond acceptors (Lipinski definition) is 5. The molecule has 2 aromatic heterocycles. The number of hydrogen-bond donors (Lipinski definition) is 3. The molecule has 8 heteroatoms. The Morgan fingerprint density at radius 1 is 1.00 bits per heavy atom. The molecule has 1 aliphatic heterocycles. The van der Waals surface area contributed by atoms with E-state index in [-0.39, 0.29) is 0 Å². The van der Waals surface area contributed by atoms with E-state index < -0.39 is 6.09 Å². The molecular weight excluding hydrogens is 380 g/mol. The smallest absolute Gasteiger partial charge is 0.407 e. The third kappa shape index (κ3) is 3.46. The Kier molecular flexibility index (Phi) is 4.36. The molecule has 0 unspecified atom stereocenters. The van der Waals surface area contributed by atoms with Crippen molar-refractivity contribution in [1.29, 1.82) is 0 Å². The van der Waals surface area contributed by atoms with E-state index >= 15 is 0 Å². The van der Waals surface area contributed by atoms with Gasteiger partial charge in [0.25, 0.3) is 0 Å². The zero-order valence-corrected chi connectivity index (χ0v) is 15.9. The molecule has 148 valence electrons. The molecule has 0 radical (unpaired) electrons. The van der Waals surface area contributed by atoms with E-state index in [1.807, 2.05) is 54.7 Å². The number of carbonyl (C=O) groups is 1. The first-order chi connectivity index (χ1) is 14.7. The number of rotatable bonds is 4. The van der Waals surface area contributed by atoms with Gasteiger partial charge in [0.05, 0.1) is 6.20 Å². The second-order valence-corrected chi connectivity index (χ2v) is 7.08. The molecule has 0 spiro atoms. The number of nitrogens with zero attached hydrogens (tertiary/aromatic N) is 4. The van der Waals surface area contributed by atoms with Crippen LogP contribution in [0.4, 0.5) is 16.3 Å². The Labute approximate surface area is 172 Å². The monoisotopic (exact) mass is 398 g/mol. The fraction of sp³-hybridized carbons (Fsp3) is 0.0909. The molecule has 3 heterocycles. The first-order valence-corrected chi connectivity index (χ1v) is 9.45. The van der Waals surface area contributed by atoms with Gasteiger partial charge in [-0.2, -0.15) is 5.10 Å². The van der Waals surface area contributed by atoms with Crippen LogP contribution in [-0.4, -0.2) is 36.3 Å². The largest absolute Gasteiger partial charge is 0.465 e. The van der Waals surface area contributed by atoms with Crippen LogP contribution in [0.15, 0.2) is 67.1 Å². The second kappa shape index (κ2) is 7.32. The molecule has 8 nitrogen and oxygen atoms in total. The first kappa shape index (κ1) is 17.9. The van der Waals surface area contributed by atoms with Crippen LogP contribution in [0.1, 0.15) is 11.1 Å². The van der Waals surface area contributed by atoms with Crippen LogP contribution in [0.25, 0.3) is 22.5 Å². The topological polar surface area (TPSA) is 107 Å². The molecule has 0 atom stereocenters. The van der Waals surface area contributed by atoms with Crippen LogP contribution in [0.2, 0.25) is 0 Å². The van der Waals surface area contributed by atoms with Crippen LogP contribution in [0.3, 0.4) is 0 Å². The van der Waals surface area contributed by atoms with Crippen molar-refractivity contribution in [2.45, 2.75) is 13.1 Å². The summed E-state index contributed by atoms with van der Waals surface area (Å²) >= 11 is 0. The molecule has 2 aromatic carbocycles. The van der Waals surface area contributed by atoms with Crippen molar-refractivity contribution in [2.24, 2.45) is 0 Å². The van der Waals surface area contributed by atoms with Crippen molar-refractivity contribution >= 4 is 17.6 Å². The predicted octanol–water partition coefficient (Wildman–Crippen LogP) is 4.27. The fourth-order valence-electron chi connectivity index (χ4n) is 3.54. The third-order valence-corrected chi connectivity index (χ3v) is 5.10. The van der Waals surface area contributed by atoms with Crippen molar-refractivity contribution in [1.82, 2.24) is 25.1 Å². The lowest BCUT2D eigenvalue weighted by atomic mass is 10.1. The number of nitrogens with one attached hydrogen (secondary N) is 2. The van der Waals surface area contributed by atoms with E-state index in [0.717, 1.165) is 33.5 Å². The minimum absolute atomic E-state index is 0.388. The number of fused-ring (bicyclic) bond motifs is 1. The lowest BCUT2D eigenvalue weighted by Crippen LogP contribution is -2.22. The van der Waals surface area contributed by atoms with Gasteiger partial charge < -0.3 is 10.4 Å². The molecule has 0 saturated heterocycles. The fourth-order valence-corrected chi connectivity index (χ4v) is 3.54. The Bertz CT molecular complexity index is 1200. The predicted molar refractivity (Wildman–Crippen MR) is 112 cm³/mol. The summed E-state index contributed by atoms with van der Waals surface area (Å²) in [4.78, 5) is 21.6. The molecule has 30 heavy (non-hydrogen) atoms. The van der Waals surface area contributed by atoms with E-state index in [1.165, 1.54) is 4.90 Å². The van der Waals surface area contributed by atoms with E-state index in [4.69, 9.17) is 0 Å².